The van der Waals surface area contributed by atoms with Crippen LogP contribution in [0, 0.1) is 5.92 Å². The van der Waals surface area contributed by atoms with Crippen LogP contribution in [0.25, 0.3) is 0 Å². The van der Waals surface area contributed by atoms with Crippen molar-refractivity contribution in [2.45, 2.75) is 77.4 Å². The van der Waals surface area contributed by atoms with Gasteiger partial charge in [0.2, 0.25) is 0 Å². The van der Waals surface area contributed by atoms with Crippen molar-refractivity contribution in [3.8, 4) is 0 Å². The zero-order valence-electron chi connectivity index (χ0n) is 17.7. The largest absolute Gasteiger partial charge is 0.390 e. The van der Waals surface area contributed by atoms with E-state index in [4.69, 9.17) is 12.2 Å². The van der Waals surface area contributed by atoms with Crippen LogP contribution < -0.4 is 10.7 Å². The maximum Gasteiger partial charge on any atom is 0.187 e. The van der Waals surface area contributed by atoms with Gasteiger partial charge in [-0.3, -0.25) is 5.43 Å². The Kier molecular flexibility index (Phi) is 8.20. The molecule has 0 unspecified atom stereocenters. The van der Waals surface area contributed by atoms with E-state index in [1.165, 1.54) is 5.57 Å². The number of nitrogens with zero attached hydrogens (tertiary/aromatic N) is 1. The molecule has 0 heterocycles. The molecule has 0 saturated carbocycles. The minimum Gasteiger partial charge on any atom is -0.390 e. The molecule has 28 heavy (non-hydrogen) atoms. The second-order valence-corrected chi connectivity index (χ2v) is 9.26. The first-order valence-electron chi connectivity index (χ1n) is 10.2. The van der Waals surface area contributed by atoms with Crippen LogP contribution in [0.5, 0.6) is 0 Å². The van der Waals surface area contributed by atoms with Crippen LogP contribution in [0.2, 0.25) is 0 Å². The van der Waals surface area contributed by atoms with Crippen LogP contribution in [0.1, 0.15) is 71.8 Å². The molecule has 4 nitrogen and oxygen atoms in total. The molecule has 1 aromatic rings. The number of rotatable bonds is 8. The number of thiocarbonyl (C=S) groups is 1. The van der Waals surface area contributed by atoms with E-state index in [9.17, 15) is 5.11 Å². The minimum absolute atomic E-state index is 0.161. The first kappa shape index (κ1) is 22.6. The van der Waals surface area contributed by atoms with Gasteiger partial charge in [0.1, 0.15) is 0 Å². The molecule has 0 radical (unpaired) electrons. The highest BCUT2D eigenvalue weighted by Crippen LogP contribution is 2.35. The summed E-state index contributed by atoms with van der Waals surface area (Å²) in [4.78, 5) is 0. The second kappa shape index (κ2) is 10.2. The quantitative estimate of drug-likeness (QED) is 0.250. The molecule has 5 heteroatoms. The second-order valence-electron chi connectivity index (χ2n) is 8.85. The lowest BCUT2D eigenvalue weighted by atomic mass is 9.76. The smallest absolute Gasteiger partial charge is 0.187 e. The van der Waals surface area contributed by atoms with Crippen molar-refractivity contribution in [2.24, 2.45) is 11.0 Å². The third-order valence-corrected chi connectivity index (χ3v) is 5.83. The first-order chi connectivity index (χ1) is 13.2. The Morgan fingerprint density at radius 1 is 1.25 bits per heavy atom. The third-order valence-electron chi connectivity index (χ3n) is 5.63. The van der Waals surface area contributed by atoms with Gasteiger partial charge in [-0.1, -0.05) is 42.0 Å². The molecule has 154 valence electrons. The molecule has 0 aromatic heterocycles. The normalized spacial score (nSPS) is 19.8. The predicted octanol–water partition coefficient (Wildman–Crippen LogP) is 4.93. The van der Waals surface area contributed by atoms with Gasteiger partial charge in [-0.25, -0.2) is 0 Å². The molecule has 0 bridgehead atoms. The summed E-state index contributed by atoms with van der Waals surface area (Å²) in [6.45, 7) is 8.43. The maximum absolute atomic E-state index is 10.9. The van der Waals surface area contributed by atoms with Crippen molar-refractivity contribution in [3.63, 3.8) is 0 Å². The molecule has 0 aliphatic heterocycles. The van der Waals surface area contributed by atoms with E-state index in [-0.39, 0.29) is 5.54 Å². The van der Waals surface area contributed by atoms with Crippen LogP contribution in [-0.2, 0) is 0 Å². The number of hydrogen-bond donors (Lipinski definition) is 3. The average molecular weight is 402 g/mol. The van der Waals surface area contributed by atoms with Crippen molar-refractivity contribution in [1.29, 1.82) is 0 Å². The van der Waals surface area contributed by atoms with Gasteiger partial charge >= 0.3 is 0 Å². The summed E-state index contributed by atoms with van der Waals surface area (Å²) in [7, 11) is 0. The summed E-state index contributed by atoms with van der Waals surface area (Å²) in [5.74, 6) is 0.363. The monoisotopic (exact) mass is 401 g/mol. The van der Waals surface area contributed by atoms with Crippen molar-refractivity contribution >= 4 is 23.5 Å². The lowest BCUT2D eigenvalue weighted by molar-refractivity contribution is -0.0159. The molecule has 0 saturated heterocycles. The SMILES string of the molecule is CC1=CC[C@@H]([C@@](C)(O)CCCC(C)(C)NC(=S)N/N=C\c2ccccc2)CC1. The van der Waals surface area contributed by atoms with Gasteiger partial charge in [-0.2, -0.15) is 5.10 Å². The predicted molar refractivity (Wildman–Crippen MR) is 123 cm³/mol. The number of benzene rings is 1. The molecular weight excluding hydrogens is 366 g/mol. The van der Waals surface area contributed by atoms with Crippen LogP contribution >= 0.6 is 12.2 Å². The summed E-state index contributed by atoms with van der Waals surface area (Å²) in [5.41, 5.74) is 4.59. The maximum atomic E-state index is 10.9. The molecule has 0 fully saturated rings. The number of nitrogens with one attached hydrogen (secondary N) is 2. The Balaban J connectivity index is 1.73. The third kappa shape index (κ3) is 7.72. The van der Waals surface area contributed by atoms with Gasteiger partial charge in [-0.15, -0.1) is 0 Å². The van der Waals surface area contributed by atoms with Crippen molar-refractivity contribution in [3.05, 3.63) is 47.5 Å². The van der Waals surface area contributed by atoms with Crippen molar-refractivity contribution < 1.29 is 5.11 Å². The standard InChI is InChI=1S/C23H35N3OS/c1-18-11-13-20(14-12-18)23(4,27)16-8-15-22(2,3)25-21(28)26-24-17-19-9-6-5-7-10-19/h5-7,9-11,17,20,27H,8,12-16H2,1-4H3,(H2,25,26,28)/b24-17-/t20-,23+/m1/s1. The van der Waals surface area contributed by atoms with Gasteiger partial charge in [-0.05, 0) is 89.9 Å². The first-order valence-corrected chi connectivity index (χ1v) is 10.6. The summed E-state index contributed by atoms with van der Waals surface area (Å²) in [6, 6.07) is 9.89. The van der Waals surface area contributed by atoms with Gasteiger partial charge < -0.3 is 10.4 Å². The number of hydrogen-bond acceptors (Lipinski definition) is 3. The molecule has 2 atom stereocenters. The zero-order valence-corrected chi connectivity index (χ0v) is 18.5. The number of hydrazone groups is 1. The number of allylic oxidation sites excluding steroid dienone is 2. The Morgan fingerprint density at radius 2 is 1.96 bits per heavy atom. The van der Waals surface area contributed by atoms with Crippen LogP contribution in [0.3, 0.4) is 0 Å². The Bertz CT molecular complexity index is 695. The fourth-order valence-corrected chi connectivity index (χ4v) is 4.05. The van der Waals surface area contributed by atoms with Crippen LogP contribution in [0.4, 0.5) is 0 Å². The highest BCUT2D eigenvalue weighted by Gasteiger charge is 2.32. The molecule has 1 aromatic carbocycles. The Hall–Kier alpha value is -1.72. The molecule has 3 N–H and O–H groups in total. The molecule has 2 rings (SSSR count). The molecule has 1 aliphatic carbocycles. The van der Waals surface area contributed by atoms with Gasteiger partial charge in [0.05, 0.1) is 11.8 Å². The van der Waals surface area contributed by atoms with E-state index in [1.54, 1.807) is 6.21 Å². The summed E-state index contributed by atoms with van der Waals surface area (Å²) >= 11 is 5.36. The lowest BCUT2D eigenvalue weighted by Gasteiger charge is -2.36. The number of aliphatic hydroxyl groups is 1. The van der Waals surface area contributed by atoms with E-state index in [2.05, 4.69) is 42.7 Å². The molecule has 1 aliphatic rings. The topological polar surface area (TPSA) is 56.6 Å². The van der Waals surface area contributed by atoms with Gasteiger partial charge in [0.15, 0.2) is 5.11 Å². The summed E-state index contributed by atoms with van der Waals surface area (Å²) in [5, 5.41) is 19.0. The minimum atomic E-state index is -0.605. The molecular formula is C23H35N3OS. The van der Waals surface area contributed by atoms with Crippen molar-refractivity contribution in [1.82, 2.24) is 10.7 Å². The fraction of sp³-hybridized carbons (Fsp3) is 0.565. The highest BCUT2D eigenvalue weighted by atomic mass is 32.1. The van der Waals surface area contributed by atoms with E-state index < -0.39 is 5.60 Å². The van der Waals surface area contributed by atoms with Crippen LogP contribution in [0.15, 0.2) is 47.1 Å². The van der Waals surface area contributed by atoms with Gasteiger partial charge in [0, 0.05) is 5.54 Å². The molecule has 0 spiro atoms. The highest BCUT2D eigenvalue weighted by molar-refractivity contribution is 7.80. The lowest BCUT2D eigenvalue weighted by Crippen LogP contribution is -2.47. The van der Waals surface area contributed by atoms with E-state index >= 15 is 0 Å². The fourth-order valence-electron chi connectivity index (χ4n) is 3.72. The average Bonchev–Trinajstić information content (AvgIpc) is 2.62. The van der Waals surface area contributed by atoms with E-state index in [1.807, 2.05) is 37.3 Å². The van der Waals surface area contributed by atoms with Crippen LogP contribution in [-0.4, -0.2) is 27.6 Å². The summed E-state index contributed by atoms with van der Waals surface area (Å²) in [6.07, 6.45) is 9.90. The molecule has 0 amide bonds. The Morgan fingerprint density at radius 3 is 2.61 bits per heavy atom. The van der Waals surface area contributed by atoms with E-state index in [0.717, 1.165) is 44.1 Å². The Labute approximate surface area is 175 Å². The van der Waals surface area contributed by atoms with E-state index in [0.29, 0.717) is 11.0 Å². The zero-order chi connectivity index (χ0) is 20.6. The summed E-state index contributed by atoms with van der Waals surface area (Å²) < 4.78 is 0. The van der Waals surface area contributed by atoms with Gasteiger partial charge in [0.25, 0.3) is 0 Å². The van der Waals surface area contributed by atoms with Crippen molar-refractivity contribution in [2.75, 3.05) is 0 Å².